The van der Waals surface area contributed by atoms with E-state index >= 15 is 0 Å². The van der Waals surface area contributed by atoms with E-state index in [1.807, 2.05) is 0 Å². The van der Waals surface area contributed by atoms with Crippen molar-refractivity contribution in [1.82, 2.24) is 5.32 Å². The van der Waals surface area contributed by atoms with Crippen LogP contribution in [0.15, 0.2) is 29.6 Å². The molecule has 0 saturated heterocycles. The Balaban J connectivity index is 1.72. The van der Waals surface area contributed by atoms with Crippen LogP contribution in [-0.4, -0.2) is 0 Å². The van der Waals surface area contributed by atoms with Crippen LogP contribution in [-0.2, 0) is 13.0 Å². The van der Waals surface area contributed by atoms with Gasteiger partial charge in [-0.1, -0.05) is 0 Å². The maximum atomic E-state index is 13.6. The Morgan fingerprint density at radius 3 is 3.05 bits per heavy atom. The molecule has 1 N–H and O–H groups in total. The molecule has 19 heavy (non-hydrogen) atoms. The van der Waals surface area contributed by atoms with Crippen molar-refractivity contribution in [2.45, 2.75) is 31.8 Å². The lowest BCUT2D eigenvalue weighted by Crippen LogP contribution is -2.24. The standard InChI is InChI=1S/C15H15F2NS/c16-11-4-5-13(17)10(8-11)9-18-14-2-1-3-15-12(14)6-7-19-15/h4-8,14,18H,1-3,9H2. The lowest BCUT2D eigenvalue weighted by molar-refractivity contribution is 0.455. The summed E-state index contributed by atoms with van der Waals surface area (Å²) in [6.45, 7) is 0.365. The second kappa shape index (κ2) is 5.39. The molecule has 3 rings (SSSR count). The smallest absolute Gasteiger partial charge is 0.127 e. The third kappa shape index (κ3) is 2.69. The average molecular weight is 279 g/mol. The van der Waals surface area contributed by atoms with Crippen molar-refractivity contribution >= 4 is 11.3 Å². The van der Waals surface area contributed by atoms with Gasteiger partial charge in [0, 0.05) is 23.0 Å². The summed E-state index contributed by atoms with van der Waals surface area (Å²) < 4.78 is 26.7. The fourth-order valence-corrected chi connectivity index (χ4v) is 3.60. The molecule has 0 saturated carbocycles. The molecule has 1 aliphatic carbocycles. The van der Waals surface area contributed by atoms with Crippen molar-refractivity contribution in [2.24, 2.45) is 0 Å². The Hall–Kier alpha value is -1.26. The number of halogens is 2. The minimum Gasteiger partial charge on any atom is -0.306 e. The highest BCUT2D eigenvalue weighted by Gasteiger charge is 2.20. The molecule has 1 unspecified atom stereocenters. The van der Waals surface area contributed by atoms with Crippen LogP contribution in [0.2, 0.25) is 0 Å². The van der Waals surface area contributed by atoms with Gasteiger partial charge in [0.2, 0.25) is 0 Å². The van der Waals surface area contributed by atoms with Gasteiger partial charge in [-0.15, -0.1) is 11.3 Å². The van der Waals surface area contributed by atoms with Gasteiger partial charge in [0.05, 0.1) is 0 Å². The van der Waals surface area contributed by atoms with E-state index in [1.165, 1.54) is 22.6 Å². The topological polar surface area (TPSA) is 12.0 Å². The number of fused-ring (bicyclic) bond motifs is 1. The van der Waals surface area contributed by atoms with Gasteiger partial charge in [0.15, 0.2) is 0 Å². The summed E-state index contributed by atoms with van der Waals surface area (Å²) >= 11 is 1.78. The van der Waals surface area contributed by atoms with Gasteiger partial charge in [-0.25, -0.2) is 8.78 Å². The van der Waals surface area contributed by atoms with Gasteiger partial charge >= 0.3 is 0 Å². The van der Waals surface area contributed by atoms with Crippen LogP contribution in [0.3, 0.4) is 0 Å². The second-order valence-electron chi connectivity index (χ2n) is 4.86. The zero-order valence-electron chi connectivity index (χ0n) is 10.5. The fraction of sp³-hybridized carbons (Fsp3) is 0.333. The van der Waals surface area contributed by atoms with Crippen molar-refractivity contribution in [3.05, 3.63) is 57.3 Å². The summed E-state index contributed by atoms with van der Waals surface area (Å²) in [6, 6.07) is 6.00. The fourth-order valence-electron chi connectivity index (χ4n) is 2.61. The van der Waals surface area contributed by atoms with E-state index < -0.39 is 5.82 Å². The summed E-state index contributed by atoms with van der Waals surface area (Å²) in [5.41, 5.74) is 1.72. The van der Waals surface area contributed by atoms with E-state index in [1.54, 1.807) is 11.3 Å². The highest BCUT2D eigenvalue weighted by atomic mass is 32.1. The van der Waals surface area contributed by atoms with Crippen molar-refractivity contribution in [2.75, 3.05) is 0 Å². The van der Waals surface area contributed by atoms with E-state index in [2.05, 4.69) is 16.8 Å². The molecule has 0 fully saturated rings. The monoisotopic (exact) mass is 279 g/mol. The first kappa shape index (κ1) is 12.8. The van der Waals surface area contributed by atoms with E-state index in [4.69, 9.17) is 0 Å². The predicted octanol–water partition coefficient (Wildman–Crippen LogP) is 4.19. The predicted molar refractivity (Wildman–Crippen MR) is 73.2 cm³/mol. The molecule has 0 spiro atoms. The molecule has 1 aliphatic rings. The van der Waals surface area contributed by atoms with E-state index in [9.17, 15) is 8.78 Å². The molecule has 1 nitrogen and oxygen atoms in total. The van der Waals surface area contributed by atoms with Crippen LogP contribution in [0.25, 0.3) is 0 Å². The van der Waals surface area contributed by atoms with Crippen molar-refractivity contribution in [3.63, 3.8) is 0 Å². The first-order valence-electron chi connectivity index (χ1n) is 6.47. The Labute approximate surface area is 115 Å². The first-order chi connectivity index (χ1) is 9.24. The summed E-state index contributed by atoms with van der Waals surface area (Å²) in [5.74, 6) is -0.742. The second-order valence-corrected chi connectivity index (χ2v) is 5.86. The quantitative estimate of drug-likeness (QED) is 0.888. The molecule has 4 heteroatoms. The number of hydrogen-bond acceptors (Lipinski definition) is 2. The van der Waals surface area contributed by atoms with Crippen LogP contribution in [0, 0.1) is 11.6 Å². The first-order valence-corrected chi connectivity index (χ1v) is 7.35. The number of benzene rings is 1. The van der Waals surface area contributed by atoms with Gasteiger partial charge in [-0.2, -0.15) is 0 Å². The Morgan fingerprint density at radius 2 is 2.16 bits per heavy atom. The van der Waals surface area contributed by atoms with Crippen LogP contribution in [0.1, 0.15) is 34.9 Å². The molecular weight excluding hydrogens is 264 g/mol. The minimum absolute atomic E-state index is 0.262. The van der Waals surface area contributed by atoms with Gasteiger partial charge in [0.25, 0.3) is 0 Å². The highest BCUT2D eigenvalue weighted by Crippen LogP contribution is 2.33. The number of nitrogens with one attached hydrogen (secondary N) is 1. The Morgan fingerprint density at radius 1 is 1.26 bits per heavy atom. The largest absolute Gasteiger partial charge is 0.306 e. The van der Waals surface area contributed by atoms with Crippen molar-refractivity contribution in [3.8, 4) is 0 Å². The number of hydrogen-bond donors (Lipinski definition) is 1. The molecular formula is C15H15F2NS. The van der Waals surface area contributed by atoms with Crippen LogP contribution in [0.5, 0.6) is 0 Å². The summed E-state index contributed by atoms with van der Waals surface area (Å²) in [4.78, 5) is 1.42. The molecule has 100 valence electrons. The number of thiophene rings is 1. The summed E-state index contributed by atoms with van der Waals surface area (Å²) in [6.07, 6.45) is 3.34. The summed E-state index contributed by atoms with van der Waals surface area (Å²) in [7, 11) is 0. The highest BCUT2D eigenvalue weighted by molar-refractivity contribution is 7.10. The molecule has 0 radical (unpaired) electrons. The van der Waals surface area contributed by atoms with E-state index in [0.717, 1.165) is 25.3 Å². The van der Waals surface area contributed by atoms with Crippen LogP contribution in [0.4, 0.5) is 8.78 Å². The third-order valence-electron chi connectivity index (χ3n) is 3.60. The van der Waals surface area contributed by atoms with Crippen LogP contribution >= 0.6 is 11.3 Å². The average Bonchev–Trinajstić information content (AvgIpc) is 2.88. The number of rotatable bonds is 3. The number of aryl methyl sites for hydroxylation is 1. The molecule has 1 atom stereocenters. The molecule has 1 aromatic carbocycles. The molecule has 2 aromatic rings. The molecule has 0 aliphatic heterocycles. The van der Waals surface area contributed by atoms with Gasteiger partial charge in [-0.3, -0.25) is 0 Å². The van der Waals surface area contributed by atoms with E-state index in [0.29, 0.717) is 12.1 Å². The van der Waals surface area contributed by atoms with Crippen molar-refractivity contribution in [1.29, 1.82) is 0 Å². The molecule has 0 bridgehead atoms. The Kier molecular flexibility index (Phi) is 3.62. The van der Waals surface area contributed by atoms with Gasteiger partial charge in [-0.05, 0) is 54.5 Å². The zero-order chi connectivity index (χ0) is 13.2. The van der Waals surface area contributed by atoms with Crippen LogP contribution < -0.4 is 5.32 Å². The minimum atomic E-state index is -0.391. The lowest BCUT2D eigenvalue weighted by atomic mass is 9.94. The Bertz CT molecular complexity index is 579. The maximum Gasteiger partial charge on any atom is 0.127 e. The molecule has 0 amide bonds. The molecule has 1 aromatic heterocycles. The van der Waals surface area contributed by atoms with E-state index in [-0.39, 0.29) is 11.9 Å². The SMILES string of the molecule is Fc1ccc(F)c(CNC2CCCc3sccc32)c1. The summed E-state index contributed by atoms with van der Waals surface area (Å²) in [5, 5.41) is 5.45. The van der Waals surface area contributed by atoms with Crippen molar-refractivity contribution < 1.29 is 8.78 Å². The maximum absolute atomic E-state index is 13.6. The van der Waals surface area contributed by atoms with Gasteiger partial charge < -0.3 is 5.32 Å². The third-order valence-corrected chi connectivity index (χ3v) is 4.60. The normalized spacial score (nSPS) is 18.3. The molecule has 1 heterocycles. The lowest BCUT2D eigenvalue weighted by Gasteiger charge is -2.24. The zero-order valence-corrected chi connectivity index (χ0v) is 11.3. The van der Waals surface area contributed by atoms with Gasteiger partial charge in [0.1, 0.15) is 11.6 Å².